The molecule has 0 saturated heterocycles. The number of thiocarbonyl (C=S) groups is 1. The summed E-state index contributed by atoms with van der Waals surface area (Å²) in [6, 6.07) is 18.6. The van der Waals surface area contributed by atoms with Crippen molar-refractivity contribution in [3.05, 3.63) is 85.2 Å². The van der Waals surface area contributed by atoms with Crippen molar-refractivity contribution >= 4 is 126 Å². The quantitative estimate of drug-likeness (QED) is 0.0233. The van der Waals surface area contributed by atoms with Crippen molar-refractivity contribution in [3.63, 3.8) is 0 Å². The minimum absolute atomic E-state index is 0.00298. The number of thiazole rings is 2. The van der Waals surface area contributed by atoms with Gasteiger partial charge in [-0.05, 0) is 182 Å². The van der Waals surface area contributed by atoms with Crippen LogP contribution in [0, 0.1) is 10.7 Å². The van der Waals surface area contributed by atoms with Crippen molar-refractivity contribution in [2.75, 3.05) is 21.7 Å². The first kappa shape index (κ1) is 74.5. The number of sulfonamides is 4. The molecular formula is C58H80N12O10S8. The maximum atomic E-state index is 13.7. The molecule has 6 rings (SSSR count). The molecule has 0 spiro atoms. The average Bonchev–Trinajstić information content (AvgIpc) is 1.83. The number of nitrogens with zero attached hydrogens (tertiary/aromatic N) is 3. The number of benzene rings is 4. The highest BCUT2D eigenvalue weighted by Gasteiger charge is 2.32. The van der Waals surface area contributed by atoms with Crippen LogP contribution in [0.2, 0.25) is 0 Å². The molecule has 88 heavy (non-hydrogen) atoms. The summed E-state index contributed by atoms with van der Waals surface area (Å²) in [5.41, 5.74) is 5.64. The van der Waals surface area contributed by atoms with Crippen molar-refractivity contribution in [2.24, 2.45) is 0 Å². The van der Waals surface area contributed by atoms with E-state index in [-0.39, 0.29) is 43.1 Å². The molecule has 2 heterocycles. The lowest BCUT2D eigenvalue weighted by atomic mass is 10.1. The maximum Gasteiger partial charge on any atom is 0.241 e. The summed E-state index contributed by atoms with van der Waals surface area (Å²) >= 11 is 8.93. The number of amides is 2. The normalized spacial score (nSPS) is 12.5. The summed E-state index contributed by atoms with van der Waals surface area (Å²) < 4.78 is 118. The highest BCUT2D eigenvalue weighted by atomic mass is 32.2. The van der Waals surface area contributed by atoms with Gasteiger partial charge in [0.1, 0.15) is 15.4 Å². The first-order valence-corrected chi connectivity index (χ1v) is 36.0. The van der Waals surface area contributed by atoms with E-state index in [1.54, 1.807) is 132 Å². The number of nitrogen functional groups attached to an aromatic ring is 1. The number of anilines is 4. The molecule has 2 amide bonds. The standard InChI is InChI=1S/C29H40N6O5S4.C25H33N5O5S3.C4H7NS/c1-17(2)31-27(41)33-20-10-12-21(24(15-20)43(37,38)34-28(4,5)6)23-16-30-26(42-23)22-13-11-19(32-18(3)36)14-25(22)44(39,40)35-29(7,8)9;1-15(31)28-17-9-11-19(22(13-17)38(34,35)30-25(5,6)7)23-27-14-20(36-23)18-10-8-16(26)12-21(18)37(32,33)29-24(2,3)4;1-4(2)6-3-5/h10-17,34-35H,1-9H3,(H,32,36)(H2,31,33,41);8-14,29-30H,26H2,1-7H3,(H,28,31);4H,1-2H3. The van der Waals surface area contributed by atoms with Crippen molar-refractivity contribution in [1.82, 2.24) is 34.2 Å². The van der Waals surface area contributed by atoms with Crippen molar-refractivity contribution in [2.45, 2.75) is 178 Å². The van der Waals surface area contributed by atoms with Gasteiger partial charge in [-0.15, -0.1) is 22.7 Å². The van der Waals surface area contributed by atoms with Crippen LogP contribution in [0.3, 0.4) is 0 Å². The van der Waals surface area contributed by atoms with Gasteiger partial charge < -0.3 is 27.0 Å². The number of carbonyl (C=O) groups excluding carboxylic acids is 2. The molecule has 0 unspecified atom stereocenters. The van der Waals surface area contributed by atoms with Crippen molar-refractivity contribution < 1.29 is 43.3 Å². The predicted octanol–water partition coefficient (Wildman–Crippen LogP) is 11.1. The molecule has 6 aromatic rings. The summed E-state index contributed by atoms with van der Waals surface area (Å²) in [6.45, 7) is 31.3. The van der Waals surface area contributed by atoms with E-state index in [1.165, 1.54) is 62.3 Å². The first-order valence-electron chi connectivity index (χ1n) is 27.2. The van der Waals surface area contributed by atoms with Crippen LogP contribution in [-0.4, -0.2) is 94.0 Å². The number of nitrogens with one attached hydrogen (secondary N) is 8. The van der Waals surface area contributed by atoms with Crippen molar-refractivity contribution in [3.8, 4) is 47.4 Å². The topological polar surface area (TPSA) is 343 Å². The lowest BCUT2D eigenvalue weighted by Gasteiger charge is -2.22. The third kappa shape index (κ3) is 23.1. The van der Waals surface area contributed by atoms with Crippen LogP contribution in [0.1, 0.15) is 125 Å². The maximum absolute atomic E-state index is 13.7. The van der Waals surface area contributed by atoms with Crippen LogP contribution < -0.4 is 45.9 Å². The second kappa shape index (κ2) is 29.3. The third-order valence-corrected chi connectivity index (χ3v) is 20.6. The Kier molecular flexibility index (Phi) is 24.8. The summed E-state index contributed by atoms with van der Waals surface area (Å²) in [6.07, 6.45) is 3.01. The van der Waals surface area contributed by atoms with E-state index in [4.69, 9.17) is 23.2 Å². The average molecular weight is 1360 g/mol. The van der Waals surface area contributed by atoms with E-state index in [0.29, 0.717) is 69.4 Å². The molecule has 0 saturated carbocycles. The van der Waals surface area contributed by atoms with E-state index >= 15 is 0 Å². The third-order valence-electron chi connectivity index (χ3n) is 10.5. The minimum atomic E-state index is -4.06. The smallest absolute Gasteiger partial charge is 0.241 e. The Morgan fingerprint density at radius 3 is 1.12 bits per heavy atom. The molecule has 22 nitrogen and oxygen atoms in total. The Balaban J connectivity index is 0.000000347. The number of nitrogens with two attached hydrogens (primary N) is 1. The summed E-state index contributed by atoms with van der Waals surface area (Å²) in [5.74, 6) is -0.694. The fraction of sp³-hybridized carbons (Fsp3) is 0.414. The van der Waals surface area contributed by atoms with Crippen LogP contribution in [-0.2, 0) is 49.7 Å². The molecule has 480 valence electrons. The summed E-state index contributed by atoms with van der Waals surface area (Å²) in [4.78, 5) is 33.1. The number of nitriles is 1. The molecule has 30 heteroatoms. The Bertz CT molecular complexity index is 4040. The monoisotopic (exact) mass is 1360 g/mol. The van der Waals surface area contributed by atoms with Crippen LogP contribution >= 0.6 is 46.7 Å². The zero-order chi connectivity index (χ0) is 66.9. The predicted molar refractivity (Wildman–Crippen MR) is 362 cm³/mol. The van der Waals surface area contributed by atoms with Gasteiger partial charge >= 0.3 is 0 Å². The Morgan fingerprint density at radius 1 is 0.523 bits per heavy atom. The SMILES string of the molecule is CC(=O)Nc1ccc(-c2ncc(-c3ccc(N)cc3S(=O)(=O)NC(C)(C)C)s2)c(S(=O)(=O)NC(C)(C)C)c1.CC(=O)Nc1ccc(-c2ncc(-c3ccc(NC(=S)NC(C)C)cc3S(=O)(=O)NC(C)(C)C)s2)c(S(=O)(=O)NC(C)(C)C)c1.CC(C)SC#N. The second-order valence-corrected chi connectivity index (χ2v) is 35.2. The fourth-order valence-electron chi connectivity index (χ4n) is 7.81. The number of thioether (sulfide) groups is 1. The van der Waals surface area contributed by atoms with Crippen LogP contribution in [0.15, 0.2) is 105 Å². The van der Waals surface area contributed by atoms with Crippen LogP contribution in [0.25, 0.3) is 42.0 Å². The van der Waals surface area contributed by atoms with Gasteiger partial charge in [-0.25, -0.2) is 62.5 Å². The number of hydrogen-bond acceptors (Lipinski definition) is 18. The van der Waals surface area contributed by atoms with Gasteiger partial charge in [0.05, 0.1) is 29.3 Å². The molecule has 0 bridgehead atoms. The molecule has 0 aliphatic heterocycles. The van der Waals surface area contributed by atoms with Gasteiger partial charge in [-0.2, -0.15) is 5.26 Å². The van der Waals surface area contributed by atoms with Gasteiger partial charge in [-0.3, -0.25) is 9.59 Å². The Hall–Kier alpha value is -5.95. The van der Waals surface area contributed by atoms with Gasteiger partial charge in [-0.1, -0.05) is 26.0 Å². The molecule has 0 fully saturated rings. The molecule has 0 aliphatic carbocycles. The minimum Gasteiger partial charge on any atom is -0.399 e. The summed E-state index contributed by atoms with van der Waals surface area (Å²) in [7, 11) is -16.0. The summed E-state index contributed by atoms with van der Waals surface area (Å²) in [5, 5.41) is 22.8. The van der Waals surface area contributed by atoms with Crippen molar-refractivity contribution in [1.29, 1.82) is 5.26 Å². The van der Waals surface area contributed by atoms with E-state index in [1.807, 2.05) is 33.1 Å². The van der Waals surface area contributed by atoms with Gasteiger partial charge in [0.2, 0.25) is 51.9 Å². The molecule has 0 radical (unpaired) electrons. The number of hydrogen-bond donors (Lipinski definition) is 9. The number of carbonyl (C=O) groups is 2. The first-order chi connectivity index (χ1) is 40.1. The number of thiocyanates is 1. The van der Waals surface area contributed by atoms with E-state index in [9.17, 15) is 43.3 Å². The Labute approximate surface area is 537 Å². The van der Waals surface area contributed by atoms with Crippen LogP contribution in [0.4, 0.5) is 22.7 Å². The molecule has 0 atom stereocenters. The largest absolute Gasteiger partial charge is 0.399 e. The van der Waals surface area contributed by atoms with Gasteiger partial charge in [0.15, 0.2) is 5.11 Å². The highest BCUT2D eigenvalue weighted by Crippen LogP contribution is 2.42. The zero-order valence-corrected chi connectivity index (χ0v) is 59.0. The molecule has 0 aliphatic rings. The molecular weight excluding hydrogens is 1280 g/mol. The Morgan fingerprint density at radius 2 is 0.830 bits per heavy atom. The fourth-order valence-corrected chi connectivity index (χ4v) is 17.3. The van der Waals surface area contributed by atoms with E-state index < -0.39 is 62.2 Å². The zero-order valence-electron chi connectivity index (χ0n) is 52.5. The van der Waals surface area contributed by atoms with Gasteiger partial charge in [0, 0.05) is 105 Å². The second-order valence-electron chi connectivity index (χ2n) is 24.7. The lowest BCUT2D eigenvalue weighted by Crippen LogP contribution is -2.40. The molecule has 10 N–H and O–H groups in total. The van der Waals surface area contributed by atoms with E-state index in [2.05, 4.69) is 50.1 Å². The van der Waals surface area contributed by atoms with E-state index in [0.717, 1.165) is 22.7 Å². The number of aromatic nitrogens is 2. The highest BCUT2D eigenvalue weighted by molar-refractivity contribution is 8.04. The lowest BCUT2D eigenvalue weighted by molar-refractivity contribution is -0.115. The molecule has 4 aromatic carbocycles. The molecule has 2 aromatic heterocycles. The van der Waals surface area contributed by atoms with Gasteiger partial charge in [0.25, 0.3) is 0 Å². The van der Waals surface area contributed by atoms with Crippen LogP contribution in [0.5, 0.6) is 0 Å². The number of rotatable bonds is 17.